The fourth-order valence-electron chi connectivity index (χ4n) is 5.14. The first kappa shape index (κ1) is 50.2. The highest BCUT2D eigenvalue weighted by Gasteiger charge is 3.06. The normalized spacial score (nSPS) is 20.7. The van der Waals surface area contributed by atoms with Crippen LogP contribution in [0.5, 0.6) is 0 Å². The molecule has 0 unspecified atom stereocenters. The van der Waals surface area contributed by atoms with Gasteiger partial charge in [-0.2, -0.15) is 132 Å². The molecule has 1 rings (SSSR count). The Morgan fingerprint density at radius 3 is 0.491 bits per heavy atom. The fraction of sp³-hybridized carbons (Fsp3) is 0.895. The molecular weight excluding hydrogens is 912 g/mol. The number of rotatable bonds is 6. The molecule has 0 aromatic rings. The van der Waals surface area contributed by atoms with Crippen molar-refractivity contribution in [2.24, 2.45) is 10.8 Å². The van der Waals surface area contributed by atoms with E-state index in [2.05, 4.69) is 0 Å². The van der Waals surface area contributed by atoms with Crippen molar-refractivity contribution in [1.82, 2.24) is 0 Å². The van der Waals surface area contributed by atoms with E-state index in [-0.39, 0.29) is 0 Å². The predicted molar refractivity (Wildman–Crippen MR) is 92.7 cm³/mol. The third-order valence-electron chi connectivity index (χ3n) is 7.49. The van der Waals surface area contributed by atoms with Crippen molar-refractivity contribution in [2.45, 2.75) is 90.4 Å². The molecular formula is C19F36. The van der Waals surface area contributed by atoms with E-state index in [0.717, 1.165) is 0 Å². The van der Waals surface area contributed by atoms with Crippen molar-refractivity contribution in [3.63, 3.8) is 0 Å². The molecule has 0 nitrogen and oxygen atoms in total. The summed E-state index contributed by atoms with van der Waals surface area (Å²) in [7, 11) is 0. The zero-order valence-electron chi connectivity index (χ0n) is 23.1. The summed E-state index contributed by atoms with van der Waals surface area (Å²) in [6.07, 6.45) is -79.9. The van der Waals surface area contributed by atoms with Crippen LogP contribution in [0.25, 0.3) is 0 Å². The molecule has 0 saturated heterocycles. The van der Waals surface area contributed by atoms with Gasteiger partial charge in [0.15, 0.2) is 0 Å². The minimum atomic E-state index is -11.1. The van der Waals surface area contributed by atoms with Crippen LogP contribution >= 0.6 is 0 Å². The maximum Gasteiger partial charge on any atom is 0.437 e. The molecule has 36 heteroatoms. The van der Waals surface area contributed by atoms with Gasteiger partial charge in [0, 0.05) is 11.1 Å². The Labute approximate surface area is 272 Å². The van der Waals surface area contributed by atoms with Crippen LogP contribution in [-0.2, 0) is 0 Å². The van der Waals surface area contributed by atoms with Gasteiger partial charge in [-0.05, 0) is 0 Å². The van der Waals surface area contributed by atoms with Crippen LogP contribution in [0.4, 0.5) is 158 Å². The van der Waals surface area contributed by atoms with E-state index in [1.165, 1.54) is 0 Å². The maximum atomic E-state index is 15.0. The standard InChI is InChI=1S/C19F36/c20-5(21)1(3(12(32,33)34,13(35,36)37)9(26,27)7(24,16(44,45)46)17(47,48)49)2(6(22,23)11(5,30)31)4(14(38,39)40,15(41,42)43)10(28,29)8(25,18(50,51)52)19(53,54)55. The van der Waals surface area contributed by atoms with Crippen molar-refractivity contribution >= 4 is 0 Å². The molecule has 0 fully saturated rings. The van der Waals surface area contributed by atoms with E-state index < -0.39 is 112 Å². The molecule has 0 aromatic carbocycles. The van der Waals surface area contributed by atoms with Crippen LogP contribution in [0.1, 0.15) is 0 Å². The zero-order valence-corrected chi connectivity index (χ0v) is 23.1. The van der Waals surface area contributed by atoms with E-state index in [1.54, 1.807) is 0 Å². The van der Waals surface area contributed by atoms with Gasteiger partial charge in [-0.3, -0.25) is 0 Å². The lowest BCUT2D eigenvalue weighted by Gasteiger charge is -2.52. The van der Waals surface area contributed by atoms with Gasteiger partial charge < -0.3 is 0 Å². The first-order valence-electron chi connectivity index (χ1n) is 11.6. The van der Waals surface area contributed by atoms with E-state index in [1.807, 2.05) is 0 Å². The zero-order chi connectivity index (χ0) is 45.7. The highest BCUT2D eigenvalue weighted by Crippen LogP contribution is 2.82. The van der Waals surface area contributed by atoms with E-state index in [4.69, 9.17) is 0 Å². The van der Waals surface area contributed by atoms with Crippen molar-refractivity contribution < 1.29 is 158 Å². The van der Waals surface area contributed by atoms with Crippen LogP contribution in [0, 0.1) is 10.8 Å². The summed E-state index contributed by atoms with van der Waals surface area (Å²) in [5.41, 5.74) is -59.2. The van der Waals surface area contributed by atoms with Crippen LogP contribution < -0.4 is 0 Å². The van der Waals surface area contributed by atoms with Crippen LogP contribution in [0.3, 0.4) is 0 Å². The third kappa shape index (κ3) is 5.43. The summed E-state index contributed by atoms with van der Waals surface area (Å²) in [6, 6.07) is 0. The van der Waals surface area contributed by atoms with Crippen LogP contribution in [0.15, 0.2) is 11.1 Å². The van der Waals surface area contributed by atoms with Gasteiger partial charge in [-0.25, -0.2) is 26.3 Å². The summed E-state index contributed by atoms with van der Waals surface area (Å²) in [4.78, 5) is 0. The topological polar surface area (TPSA) is 0 Å². The van der Waals surface area contributed by atoms with Crippen molar-refractivity contribution in [3.05, 3.63) is 11.1 Å². The van der Waals surface area contributed by atoms with Crippen LogP contribution in [0.2, 0.25) is 0 Å². The Kier molecular flexibility index (Phi) is 10.7. The number of allylic oxidation sites excluding steroid dienone is 2. The largest absolute Gasteiger partial charge is 0.437 e. The number of hydrogen-bond acceptors (Lipinski definition) is 0. The molecule has 328 valence electrons. The highest BCUT2D eigenvalue weighted by molar-refractivity contribution is 5.55. The van der Waals surface area contributed by atoms with Gasteiger partial charge in [0.2, 0.25) is 0 Å². The Morgan fingerprint density at radius 1 is 0.236 bits per heavy atom. The van der Waals surface area contributed by atoms with Crippen molar-refractivity contribution in [2.75, 3.05) is 0 Å². The minimum absolute atomic E-state index is 8.11. The molecule has 0 saturated carbocycles. The first-order chi connectivity index (χ1) is 23.0. The van der Waals surface area contributed by atoms with E-state index >= 15 is 17.6 Å². The Balaban J connectivity index is 5.85. The SMILES string of the molecule is FC(F)(F)C(F)(C(F)(F)F)C(F)(F)C(C1=C(C(C(F)(F)F)(C(F)(F)F)C(F)(F)C(F)(C(F)(F)F)C(F)(F)F)C(F)(F)C(F)(F)C1(F)F)(C(F)(F)F)C(F)(F)F. The predicted octanol–water partition coefficient (Wildman–Crippen LogP) is 12.4. The average molecular weight is 912 g/mol. The minimum Gasteiger partial charge on any atom is -0.216 e. The average Bonchev–Trinajstić information content (AvgIpc) is 2.91. The first-order valence-corrected chi connectivity index (χ1v) is 11.6. The lowest BCUT2D eigenvalue weighted by molar-refractivity contribution is -0.472. The van der Waals surface area contributed by atoms with Crippen molar-refractivity contribution in [3.8, 4) is 0 Å². The lowest BCUT2D eigenvalue weighted by Crippen LogP contribution is -2.78. The maximum absolute atomic E-state index is 15.0. The monoisotopic (exact) mass is 912 g/mol. The fourth-order valence-corrected chi connectivity index (χ4v) is 5.14. The molecule has 0 N–H and O–H groups in total. The highest BCUT2D eigenvalue weighted by atomic mass is 19.5. The van der Waals surface area contributed by atoms with Gasteiger partial charge >= 0.3 is 90.4 Å². The molecule has 0 atom stereocenters. The van der Waals surface area contributed by atoms with Gasteiger partial charge in [0.05, 0.1) is 0 Å². The molecule has 1 aliphatic carbocycles. The number of alkyl halides is 36. The molecule has 0 aliphatic heterocycles. The molecule has 0 radical (unpaired) electrons. The Morgan fingerprint density at radius 2 is 0.382 bits per heavy atom. The van der Waals surface area contributed by atoms with Gasteiger partial charge in [0.1, 0.15) is 0 Å². The van der Waals surface area contributed by atoms with Gasteiger partial charge in [-0.1, -0.05) is 0 Å². The number of hydrogen-bond donors (Lipinski definition) is 0. The second-order valence-electron chi connectivity index (χ2n) is 10.4. The summed E-state index contributed by atoms with van der Waals surface area (Å²) >= 11 is 0. The van der Waals surface area contributed by atoms with Crippen molar-refractivity contribution in [1.29, 1.82) is 0 Å². The third-order valence-corrected chi connectivity index (χ3v) is 7.49. The molecule has 0 spiro atoms. The van der Waals surface area contributed by atoms with Gasteiger partial charge in [0.25, 0.3) is 10.8 Å². The van der Waals surface area contributed by atoms with Crippen LogP contribution in [-0.4, -0.2) is 90.4 Å². The van der Waals surface area contributed by atoms with E-state index in [0.29, 0.717) is 0 Å². The summed E-state index contributed by atoms with van der Waals surface area (Å²) in [5, 5.41) is 0. The summed E-state index contributed by atoms with van der Waals surface area (Å²) < 4.78 is 504. The van der Waals surface area contributed by atoms with E-state index in [9.17, 15) is 140 Å². The Hall–Kier alpha value is -2.78. The summed E-state index contributed by atoms with van der Waals surface area (Å²) in [5.74, 6) is -51.9. The smallest absolute Gasteiger partial charge is 0.216 e. The number of halogens is 36. The second kappa shape index (κ2) is 11.7. The second-order valence-corrected chi connectivity index (χ2v) is 10.4. The summed E-state index contributed by atoms with van der Waals surface area (Å²) in [6.45, 7) is 0. The van der Waals surface area contributed by atoms with Gasteiger partial charge in [-0.15, -0.1) is 0 Å². The quantitative estimate of drug-likeness (QED) is 0.184. The molecule has 0 aromatic heterocycles. The molecule has 0 bridgehead atoms. The Bertz CT molecular complexity index is 1310. The molecule has 0 heterocycles. The molecule has 55 heavy (non-hydrogen) atoms. The molecule has 1 aliphatic rings. The lowest BCUT2D eigenvalue weighted by atomic mass is 9.59. The molecule has 0 amide bonds.